The minimum Gasteiger partial charge on any atom is -0.488 e. The van der Waals surface area contributed by atoms with Crippen molar-refractivity contribution in [3.05, 3.63) is 47.0 Å². The Morgan fingerprint density at radius 3 is 2.53 bits per heavy atom. The Morgan fingerprint density at radius 1 is 1.17 bits per heavy atom. The number of carbonyl (C=O) groups excluding carboxylic acids is 1. The average Bonchev–Trinajstić information content (AvgIpc) is 3.21. The van der Waals surface area contributed by atoms with Crippen LogP contribution < -0.4 is 10.1 Å². The van der Waals surface area contributed by atoms with E-state index in [-0.39, 0.29) is 19.0 Å². The summed E-state index contributed by atoms with van der Waals surface area (Å²) < 4.78 is 39.3. The average molecular weight is 438 g/mol. The van der Waals surface area contributed by atoms with Crippen LogP contribution in [0.15, 0.2) is 30.3 Å². The van der Waals surface area contributed by atoms with Gasteiger partial charge in [0.1, 0.15) is 0 Å². The highest BCUT2D eigenvalue weighted by Gasteiger charge is 2.19. The first-order valence-electron chi connectivity index (χ1n) is 10.3. The number of benzene rings is 2. The standard InChI is InChI=1S/C23H26ClF2NO3/c1-2-29-22(28)8-5-11-30-23-19(25)12-15(13-20(23)26)18-14-16(24)9-10-21(18)27-17-6-3-4-7-17/h9-10,12-14,17,27H,2-8,11H2,1H3. The van der Waals surface area contributed by atoms with Crippen molar-refractivity contribution in [3.8, 4) is 16.9 Å². The first kappa shape index (κ1) is 22.3. The number of rotatable bonds is 9. The van der Waals surface area contributed by atoms with E-state index in [4.69, 9.17) is 21.1 Å². The summed E-state index contributed by atoms with van der Waals surface area (Å²) in [5, 5.41) is 3.96. The molecule has 0 unspecified atom stereocenters. The van der Waals surface area contributed by atoms with E-state index in [9.17, 15) is 13.6 Å². The van der Waals surface area contributed by atoms with Crippen molar-refractivity contribution in [1.82, 2.24) is 0 Å². The monoisotopic (exact) mass is 437 g/mol. The van der Waals surface area contributed by atoms with Gasteiger partial charge in [-0.15, -0.1) is 0 Å². The van der Waals surface area contributed by atoms with Crippen molar-refractivity contribution in [1.29, 1.82) is 0 Å². The van der Waals surface area contributed by atoms with Crippen LogP contribution in [0, 0.1) is 11.6 Å². The van der Waals surface area contributed by atoms with Gasteiger partial charge in [0.2, 0.25) is 0 Å². The highest BCUT2D eigenvalue weighted by Crippen LogP contribution is 2.36. The summed E-state index contributed by atoms with van der Waals surface area (Å²) in [4.78, 5) is 11.3. The molecular formula is C23H26ClF2NO3. The van der Waals surface area contributed by atoms with Gasteiger partial charge in [0.15, 0.2) is 17.4 Å². The third kappa shape index (κ3) is 5.85. The van der Waals surface area contributed by atoms with Crippen LogP contribution >= 0.6 is 11.6 Å². The molecule has 162 valence electrons. The summed E-state index contributed by atoms with van der Waals surface area (Å²) in [5.74, 6) is -2.41. The van der Waals surface area contributed by atoms with Gasteiger partial charge in [-0.3, -0.25) is 4.79 Å². The van der Waals surface area contributed by atoms with Crippen LogP contribution in [-0.2, 0) is 9.53 Å². The van der Waals surface area contributed by atoms with E-state index in [1.807, 2.05) is 6.07 Å². The lowest BCUT2D eigenvalue weighted by Crippen LogP contribution is -2.15. The van der Waals surface area contributed by atoms with Crippen molar-refractivity contribution in [3.63, 3.8) is 0 Å². The van der Waals surface area contributed by atoms with E-state index in [0.717, 1.165) is 18.5 Å². The predicted octanol–water partition coefficient (Wildman–Crippen LogP) is 6.36. The Labute approximate surface area is 180 Å². The van der Waals surface area contributed by atoms with Gasteiger partial charge in [0.05, 0.1) is 13.2 Å². The molecule has 1 saturated carbocycles. The van der Waals surface area contributed by atoms with Gasteiger partial charge in [-0.2, -0.15) is 0 Å². The molecule has 0 spiro atoms. The molecule has 0 atom stereocenters. The molecule has 7 heteroatoms. The second-order valence-electron chi connectivity index (χ2n) is 7.34. The Balaban J connectivity index is 1.74. The van der Waals surface area contributed by atoms with E-state index in [2.05, 4.69) is 5.32 Å². The number of anilines is 1. The molecule has 0 heterocycles. The van der Waals surface area contributed by atoms with Crippen molar-refractivity contribution in [2.24, 2.45) is 0 Å². The number of hydrogen-bond acceptors (Lipinski definition) is 4. The summed E-state index contributed by atoms with van der Waals surface area (Å²) >= 11 is 6.15. The van der Waals surface area contributed by atoms with Crippen LogP contribution in [-0.4, -0.2) is 25.2 Å². The van der Waals surface area contributed by atoms with Crippen molar-refractivity contribution < 1.29 is 23.0 Å². The number of ether oxygens (including phenoxy) is 2. The molecule has 0 radical (unpaired) electrons. The minimum absolute atomic E-state index is 0.0116. The van der Waals surface area contributed by atoms with Gasteiger partial charge >= 0.3 is 5.97 Å². The molecule has 0 aromatic heterocycles. The molecule has 1 fully saturated rings. The molecule has 1 aliphatic carbocycles. The van der Waals surface area contributed by atoms with E-state index >= 15 is 0 Å². The molecule has 30 heavy (non-hydrogen) atoms. The van der Waals surface area contributed by atoms with E-state index in [1.165, 1.54) is 25.0 Å². The lowest BCUT2D eigenvalue weighted by atomic mass is 10.0. The highest BCUT2D eigenvalue weighted by atomic mass is 35.5. The van der Waals surface area contributed by atoms with Gasteiger partial charge in [-0.05, 0) is 62.1 Å². The van der Waals surface area contributed by atoms with Crippen LogP contribution in [0.2, 0.25) is 5.02 Å². The lowest BCUT2D eigenvalue weighted by Gasteiger charge is -2.18. The van der Waals surface area contributed by atoms with Crippen LogP contribution in [0.3, 0.4) is 0 Å². The van der Waals surface area contributed by atoms with Crippen molar-refractivity contribution >= 4 is 23.3 Å². The maximum Gasteiger partial charge on any atom is 0.305 e. The zero-order valence-corrected chi connectivity index (χ0v) is 17.7. The van der Waals surface area contributed by atoms with Gasteiger partial charge in [0.25, 0.3) is 0 Å². The Kier molecular flexibility index (Phi) is 7.91. The van der Waals surface area contributed by atoms with Crippen LogP contribution in [0.4, 0.5) is 14.5 Å². The molecule has 1 aliphatic rings. The van der Waals surface area contributed by atoms with Gasteiger partial charge in [-0.25, -0.2) is 8.78 Å². The van der Waals surface area contributed by atoms with E-state index in [1.54, 1.807) is 19.1 Å². The predicted molar refractivity (Wildman–Crippen MR) is 114 cm³/mol. The zero-order valence-electron chi connectivity index (χ0n) is 17.0. The summed E-state index contributed by atoms with van der Waals surface area (Å²) in [5.41, 5.74) is 1.82. The quantitative estimate of drug-likeness (QED) is 0.366. The topological polar surface area (TPSA) is 47.6 Å². The maximum atomic E-state index is 14.6. The molecule has 0 amide bonds. The second kappa shape index (κ2) is 10.6. The van der Waals surface area contributed by atoms with E-state index in [0.29, 0.717) is 35.2 Å². The fourth-order valence-electron chi connectivity index (χ4n) is 3.65. The number of carbonyl (C=O) groups is 1. The summed E-state index contributed by atoms with van der Waals surface area (Å²) in [6.07, 6.45) is 4.93. The number of esters is 1. The Hall–Kier alpha value is -2.34. The third-order valence-corrected chi connectivity index (χ3v) is 5.32. The molecule has 3 rings (SSSR count). The van der Waals surface area contributed by atoms with Crippen LogP contribution in [0.25, 0.3) is 11.1 Å². The zero-order chi connectivity index (χ0) is 21.5. The minimum atomic E-state index is -0.798. The highest BCUT2D eigenvalue weighted by molar-refractivity contribution is 6.31. The molecule has 2 aromatic carbocycles. The normalized spacial score (nSPS) is 14.0. The Morgan fingerprint density at radius 2 is 1.87 bits per heavy atom. The van der Waals surface area contributed by atoms with Crippen LogP contribution in [0.1, 0.15) is 45.4 Å². The smallest absolute Gasteiger partial charge is 0.305 e. The second-order valence-corrected chi connectivity index (χ2v) is 7.78. The Bertz CT molecular complexity index is 862. The summed E-state index contributed by atoms with van der Waals surface area (Å²) in [6, 6.07) is 8.14. The van der Waals surface area contributed by atoms with Crippen LogP contribution in [0.5, 0.6) is 5.75 Å². The third-order valence-electron chi connectivity index (χ3n) is 5.08. The first-order valence-corrected chi connectivity index (χ1v) is 10.7. The fourth-order valence-corrected chi connectivity index (χ4v) is 3.82. The molecule has 0 aliphatic heterocycles. The molecule has 0 bridgehead atoms. The molecule has 4 nitrogen and oxygen atoms in total. The van der Waals surface area contributed by atoms with Crippen molar-refractivity contribution in [2.75, 3.05) is 18.5 Å². The molecule has 0 saturated heterocycles. The number of nitrogens with one attached hydrogen (secondary N) is 1. The van der Waals surface area contributed by atoms with Crippen molar-refractivity contribution in [2.45, 2.75) is 51.5 Å². The number of halogens is 3. The van der Waals surface area contributed by atoms with E-state index < -0.39 is 17.4 Å². The fraction of sp³-hybridized carbons (Fsp3) is 0.435. The van der Waals surface area contributed by atoms with Gasteiger partial charge in [-0.1, -0.05) is 24.4 Å². The molecular weight excluding hydrogens is 412 g/mol. The number of hydrogen-bond donors (Lipinski definition) is 1. The molecule has 2 aromatic rings. The first-order chi connectivity index (χ1) is 14.5. The summed E-state index contributed by atoms with van der Waals surface area (Å²) in [7, 11) is 0. The van der Waals surface area contributed by atoms with Gasteiger partial charge < -0.3 is 14.8 Å². The summed E-state index contributed by atoms with van der Waals surface area (Å²) in [6.45, 7) is 2.03. The largest absolute Gasteiger partial charge is 0.488 e. The lowest BCUT2D eigenvalue weighted by molar-refractivity contribution is -0.143. The maximum absolute atomic E-state index is 14.6. The molecule has 1 N–H and O–H groups in total. The SMILES string of the molecule is CCOC(=O)CCCOc1c(F)cc(-c2cc(Cl)ccc2NC2CCCC2)cc1F. The van der Waals surface area contributed by atoms with Gasteiger partial charge in [0, 0.05) is 28.7 Å².